The van der Waals surface area contributed by atoms with E-state index in [4.69, 9.17) is 11.6 Å². The van der Waals surface area contributed by atoms with Crippen LogP contribution < -0.4 is 4.72 Å². The monoisotopic (exact) mass is 325 g/mol. The zero-order chi connectivity index (χ0) is 15.3. The second-order valence-corrected chi connectivity index (χ2v) is 6.85. The normalized spacial score (nSPS) is 13.0. The van der Waals surface area contributed by atoms with E-state index in [1.165, 1.54) is 24.3 Å². The van der Waals surface area contributed by atoms with Gasteiger partial charge < -0.3 is 5.11 Å². The molecule has 0 saturated heterocycles. The Kier molecular flexibility index (Phi) is 5.36. The molecular formula is C15H16ClNO3S. The number of aliphatic hydroxyl groups is 1. The summed E-state index contributed by atoms with van der Waals surface area (Å²) in [7, 11) is -3.63. The van der Waals surface area contributed by atoms with Crippen molar-refractivity contribution in [1.82, 2.24) is 4.72 Å². The SMILES string of the molecule is O=S(=O)(NCC(O)Cc1ccccc1)c1ccc(Cl)cc1. The van der Waals surface area contributed by atoms with Gasteiger partial charge in [0.05, 0.1) is 11.0 Å². The minimum Gasteiger partial charge on any atom is -0.391 e. The molecule has 2 aromatic carbocycles. The molecular weight excluding hydrogens is 310 g/mol. The van der Waals surface area contributed by atoms with Gasteiger partial charge in [0, 0.05) is 11.6 Å². The highest BCUT2D eigenvalue weighted by Gasteiger charge is 2.15. The molecule has 4 nitrogen and oxygen atoms in total. The van der Waals surface area contributed by atoms with Crippen molar-refractivity contribution in [3.05, 3.63) is 65.2 Å². The van der Waals surface area contributed by atoms with Crippen molar-refractivity contribution in [3.8, 4) is 0 Å². The summed E-state index contributed by atoms with van der Waals surface area (Å²) in [5, 5.41) is 10.4. The number of nitrogens with one attached hydrogen (secondary N) is 1. The summed E-state index contributed by atoms with van der Waals surface area (Å²) < 4.78 is 26.5. The Bertz CT molecular complexity index is 672. The van der Waals surface area contributed by atoms with E-state index >= 15 is 0 Å². The van der Waals surface area contributed by atoms with Gasteiger partial charge in [-0.15, -0.1) is 0 Å². The lowest BCUT2D eigenvalue weighted by molar-refractivity contribution is 0.179. The van der Waals surface area contributed by atoms with Crippen molar-refractivity contribution >= 4 is 21.6 Å². The zero-order valence-electron chi connectivity index (χ0n) is 11.2. The van der Waals surface area contributed by atoms with Crippen molar-refractivity contribution in [3.63, 3.8) is 0 Å². The van der Waals surface area contributed by atoms with Crippen LogP contribution in [0.25, 0.3) is 0 Å². The number of hydrogen-bond acceptors (Lipinski definition) is 3. The topological polar surface area (TPSA) is 66.4 Å². The van der Waals surface area contributed by atoms with Gasteiger partial charge in [-0.05, 0) is 36.2 Å². The number of aliphatic hydroxyl groups excluding tert-OH is 1. The van der Waals surface area contributed by atoms with Gasteiger partial charge >= 0.3 is 0 Å². The zero-order valence-corrected chi connectivity index (χ0v) is 12.8. The summed E-state index contributed by atoms with van der Waals surface area (Å²) >= 11 is 5.72. The number of sulfonamides is 1. The predicted molar refractivity (Wildman–Crippen MR) is 82.8 cm³/mol. The Balaban J connectivity index is 1.94. The lowest BCUT2D eigenvalue weighted by Crippen LogP contribution is -2.33. The number of hydrogen-bond donors (Lipinski definition) is 2. The van der Waals surface area contributed by atoms with Crippen molar-refractivity contribution < 1.29 is 13.5 Å². The molecule has 0 aliphatic heterocycles. The van der Waals surface area contributed by atoms with Crippen LogP contribution in [0.4, 0.5) is 0 Å². The fraction of sp³-hybridized carbons (Fsp3) is 0.200. The van der Waals surface area contributed by atoms with Gasteiger partial charge in [-0.1, -0.05) is 41.9 Å². The van der Waals surface area contributed by atoms with E-state index in [0.29, 0.717) is 11.4 Å². The van der Waals surface area contributed by atoms with E-state index in [1.807, 2.05) is 30.3 Å². The summed E-state index contributed by atoms with van der Waals surface area (Å²) in [6, 6.07) is 15.3. The maximum atomic E-state index is 12.0. The van der Waals surface area contributed by atoms with E-state index in [-0.39, 0.29) is 11.4 Å². The van der Waals surface area contributed by atoms with Crippen LogP contribution in [0.5, 0.6) is 0 Å². The van der Waals surface area contributed by atoms with Crippen molar-refractivity contribution in [2.45, 2.75) is 17.4 Å². The van der Waals surface area contributed by atoms with Gasteiger partial charge in [-0.2, -0.15) is 0 Å². The molecule has 0 amide bonds. The van der Waals surface area contributed by atoms with Gasteiger partial charge in [0.25, 0.3) is 0 Å². The molecule has 1 unspecified atom stereocenters. The molecule has 0 saturated carbocycles. The van der Waals surface area contributed by atoms with E-state index in [0.717, 1.165) is 5.56 Å². The average Bonchev–Trinajstić information content (AvgIpc) is 2.47. The van der Waals surface area contributed by atoms with Crippen LogP contribution in [-0.2, 0) is 16.4 Å². The molecule has 0 fully saturated rings. The van der Waals surface area contributed by atoms with E-state index in [2.05, 4.69) is 4.72 Å². The molecule has 0 radical (unpaired) electrons. The molecule has 0 bridgehead atoms. The number of halogens is 1. The van der Waals surface area contributed by atoms with Crippen LogP contribution in [0.15, 0.2) is 59.5 Å². The summed E-state index contributed by atoms with van der Waals surface area (Å²) in [5.41, 5.74) is 0.954. The van der Waals surface area contributed by atoms with Crippen molar-refractivity contribution in [1.29, 1.82) is 0 Å². The standard InChI is InChI=1S/C15H16ClNO3S/c16-13-6-8-15(9-7-13)21(19,20)17-11-14(18)10-12-4-2-1-3-5-12/h1-9,14,17-18H,10-11H2. The molecule has 0 aliphatic carbocycles. The highest BCUT2D eigenvalue weighted by Crippen LogP contribution is 2.14. The maximum absolute atomic E-state index is 12.0. The van der Waals surface area contributed by atoms with Crippen LogP contribution in [0, 0.1) is 0 Å². The van der Waals surface area contributed by atoms with Gasteiger partial charge in [-0.3, -0.25) is 0 Å². The summed E-state index contributed by atoms with van der Waals surface area (Å²) in [6.45, 7) is -0.0418. The molecule has 2 N–H and O–H groups in total. The van der Waals surface area contributed by atoms with Crippen molar-refractivity contribution in [2.75, 3.05) is 6.54 Å². The minimum atomic E-state index is -3.63. The molecule has 2 aromatic rings. The third kappa shape index (κ3) is 4.82. The van der Waals surface area contributed by atoms with Gasteiger partial charge in [-0.25, -0.2) is 13.1 Å². The fourth-order valence-corrected chi connectivity index (χ4v) is 3.06. The van der Waals surface area contributed by atoms with Crippen molar-refractivity contribution in [2.24, 2.45) is 0 Å². The maximum Gasteiger partial charge on any atom is 0.240 e. The Labute approximate surface area is 129 Å². The van der Waals surface area contributed by atoms with Gasteiger partial charge in [0.2, 0.25) is 10.0 Å². The second-order valence-electron chi connectivity index (χ2n) is 4.65. The lowest BCUT2D eigenvalue weighted by Gasteiger charge is -2.12. The summed E-state index contributed by atoms with van der Waals surface area (Å²) in [5.74, 6) is 0. The van der Waals surface area contributed by atoms with E-state index in [9.17, 15) is 13.5 Å². The Morgan fingerprint density at radius 3 is 2.29 bits per heavy atom. The van der Waals surface area contributed by atoms with E-state index < -0.39 is 16.1 Å². The quantitative estimate of drug-likeness (QED) is 0.856. The molecule has 0 heterocycles. The van der Waals surface area contributed by atoms with Crippen LogP contribution >= 0.6 is 11.6 Å². The van der Waals surface area contributed by atoms with Crippen LogP contribution in [0.3, 0.4) is 0 Å². The van der Waals surface area contributed by atoms with Crippen LogP contribution in [0.2, 0.25) is 5.02 Å². The van der Waals surface area contributed by atoms with Crippen LogP contribution in [0.1, 0.15) is 5.56 Å². The molecule has 0 aromatic heterocycles. The lowest BCUT2D eigenvalue weighted by atomic mass is 10.1. The predicted octanol–water partition coefficient (Wildman–Crippen LogP) is 2.22. The van der Waals surface area contributed by atoms with Crippen LogP contribution in [-0.4, -0.2) is 26.2 Å². The fourth-order valence-electron chi connectivity index (χ4n) is 1.86. The van der Waals surface area contributed by atoms with Gasteiger partial charge in [0.15, 0.2) is 0 Å². The minimum absolute atomic E-state index is 0.0418. The molecule has 2 rings (SSSR count). The largest absolute Gasteiger partial charge is 0.391 e. The summed E-state index contributed by atoms with van der Waals surface area (Å²) in [4.78, 5) is 0.124. The molecule has 0 spiro atoms. The smallest absolute Gasteiger partial charge is 0.240 e. The first-order chi connectivity index (χ1) is 9.97. The average molecular weight is 326 g/mol. The third-order valence-electron chi connectivity index (χ3n) is 2.95. The second kappa shape index (κ2) is 7.04. The molecule has 0 aliphatic rings. The molecule has 112 valence electrons. The third-order valence-corrected chi connectivity index (χ3v) is 4.64. The molecule has 21 heavy (non-hydrogen) atoms. The highest BCUT2D eigenvalue weighted by molar-refractivity contribution is 7.89. The Morgan fingerprint density at radius 1 is 1.05 bits per heavy atom. The number of benzene rings is 2. The first kappa shape index (κ1) is 16.0. The molecule has 6 heteroatoms. The first-order valence-electron chi connectivity index (χ1n) is 6.44. The first-order valence-corrected chi connectivity index (χ1v) is 8.31. The summed E-state index contributed by atoms with van der Waals surface area (Å²) in [6.07, 6.45) is -0.390. The van der Waals surface area contributed by atoms with Gasteiger partial charge in [0.1, 0.15) is 0 Å². The Hall–Kier alpha value is -1.40. The highest BCUT2D eigenvalue weighted by atomic mass is 35.5. The van der Waals surface area contributed by atoms with E-state index in [1.54, 1.807) is 0 Å². The Morgan fingerprint density at radius 2 is 1.67 bits per heavy atom. The number of rotatable bonds is 6. The molecule has 1 atom stereocenters.